The van der Waals surface area contributed by atoms with Crippen molar-refractivity contribution in [2.75, 3.05) is 18.4 Å². The van der Waals surface area contributed by atoms with Crippen LogP contribution in [-0.2, 0) is 23.2 Å². The molecule has 1 aliphatic rings. The van der Waals surface area contributed by atoms with E-state index in [1.807, 2.05) is 12.1 Å². The molecule has 0 radical (unpaired) electrons. The van der Waals surface area contributed by atoms with E-state index in [0.29, 0.717) is 6.42 Å². The Morgan fingerprint density at radius 1 is 1.04 bits per heavy atom. The van der Waals surface area contributed by atoms with Crippen LogP contribution in [-0.4, -0.2) is 23.9 Å². The van der Waals surface area contributed by atoms with Gasteiger partial charge >= 0.3 is 0 Å². The minimum atomic E-state index is 0.0855. The summed E-state index contributed by atoms with van der Waals surface area (Å²) in [4.78, 5) is 14.6. The molecule has 1 heterocycles. The lowest BCUT2D eigenvalue weighted by molar-refractivity contribution is -0.116. The topological polar surface area (TPSA) is 32.3 Å². The lowest BCUT2D eigenvalue weighted by Crippen LogP contribution is -2.33. The Balaban J connectivity index is 1.49. The molecule has 1 N–H and O–H groups in total. The highest BCUT2D eigenvalue weighted by Gasteiger charge is 2.17. The molecule has 0 aliphatic carbocycles. The molecule has 3 rings (SSSR count). The quantitative estimate of drug-likeness (QED) is 0.899. The van der Waals surface area contributed by atoms with Gasteiger partial charge in [0.15, 0.2) is 0 Å². The number of nitrogens with zero attached hydrogens (tertiary/aromatic N) is 1. The highest BCUT2D eigenvalue weighted by atomic mass is 16.1. The number of anilines is 1. The van der Waals surface area contributed by atoms with Crippen molar-refractivity contribution in [3.05, 3.63) is 65.2 Å². The van der Waals surface area contributed by atoms with Crippen LogP contribution in [0.25, 0.3) is 0 Å². The minimum absolute atomic E-state index is 0.0855. The summed E-state index contributed by atoms with van der Waals surface area (Å²) in [6, 6.07) is 16.8. The second-order valence-corrected chi connectivity index (χ2v) is 7.92. The molecule has 25 heavy (non-hydrogen) atoms. The van der Waals surface area contributed by atoms with Gasteiger partial charge in [0.25, 0.3) is 0 Å². The van der Waals surface area contributed by atoms with Crippen LogP contribution in [0.15, 0.2) is 48.5 Å². The summed E-state index contributed by atoms with van der Waals surface area (Å²) in [6.45, 7) is 9.36. The highest BCUT2D eigenvalue weighted by molar-refractivity contribution is 5.90. The van der Waals surface area contributed by atoms with Crippen molar-refractivity contribution in [2.45, 2.75) is 45.6 Å². The molecule has 0 saturated carbocycles. The van der Waals surface area contributed by atoms with Crippen molar-refractivity contribution < 1.29 is 4.79 Å². The Morgan fingerprint density at radius 3 is 2.40 bits per heavy atom. The van der Waals surface area contributed by atoms with Crippen molar-refractivity contribution in [1.82, 2.24) is 4.90 Å². The Kier molecular flexibility index (Phi) is 5.24. The van der Waals surface area contributed by atoms with Crippen LogP contribution >= 0.6 is 0 Å². The molecular weight excluding hydrogens is 308 g/mol. The summed E-state index contributed by atoms with van der Waals surface area (Å²) in [7, 11) is 0. The molecule has 132 valence electrons. The number of amides is 1. The van der Waals surface area contributed by atoms with Crippen LogP contribution in [0.1, 0.15) is 43.9 Å². The summed E-state index contributed by atoms with van der Waals surface area (Å²) < 4.78 is 0. The molecule has 0 fully saturated rings. The minimum Gasteiger partial charge on any atom is -0.326 e. The molecule has 2 aromatic rings. The van der Waals surface area contributed by atoms with E-state index < -0.39 is 0 Å². The zero-order chi connectivity index (χ0) is 17.9. The van der Waals surface area contributed by atoms with Crippen LogP contribution in [0, 0.1) is 0 Å². The molecule has 0 atom stereocenters. The summed E-state index contributed by atoms with van der Waals surface area (Å²) in [5.41, 5.74) is 5.13. The molecule has 1 amide bonds. The predicted octanol–water partition coefficient (Wildman–Crippen LogP) is 4.37. The number of carbonyl (C=O) groups excluding carboxylic acids is 1. The number of carbonyl (C=O) groups is 1. The smallest absolute Gasteiger partial charge is 0.225 e. The van der Waals surface area contributed by atoms with Gasteiger partial charge in [-0.05, 0) is 40.7 Å². The lowest BCUT2D eigenvalue weighted by Gasteiger charge is -2.28. The fourth-order valence-electron chi connectivity index (χ4n) is 3.28. The fraction of sp³-hybridized carbons (Fsp3) is 0.409. The number of fused-ring (bicyclic) bond motifs is 1. The predicted molar refractivity (Wildman–Crippen MR) is 104 cm³/mol. The van der Waals surface area contributed by atoms with Gasteiger partial charge in [-0.15, -0.1) is 0 Å². The maximum atomic E-state index is 12.2. The second kappa shape index (κ2) is 7.40. The summed E-state index contributed by atoms with van der Waals surface area (Å²) >= 11 is 0. The summed E-state index contributed by atoms with van der Waals surface area (Å²) in [5.74, 6) is 0.0855. The van der Waals surface area contributed by atoms with Crippen LogP contribution < -0.4 is 5.32 Å². The fourth-order valence-corrected chi connectivity index (χ4v) is 3.28. The van der Waals surface area contributed by atoms with E-state index in [9.17, 15) is 4.79 Å². The number of hydrogen-bond donors (Lipinski definition) is 1. The van der Waals surface area contributed by atoms with Gasteiger partial charge in [-0.2, -0.15) is 0 Å². The Bertz CT molecular complexity index is 728. The zero-order valence-corrected chi connectivity index (χ0v) is 15.5. The molecule has 3 heteroatoms. The van der Waals surface area contributed by atoms with Crippen molar-refractivity contribution in [3.63, 3.8) is 0 Å². The van der Waals surface area contributed by atoms with Crippen LogP contribution in [0.3, 0.4) is 0 Å². The average Bonchev–Trinajstić information content (AvgIpc) is 2.59. The molecule has 0 spiro atoms. The molecule has 3 nitrogen and oxygen atoms in total. The van der Waals surface area contributed by atoms with Gasteiger partial charge in [0.2, 0.25) is 5.91 Å². The van der Waals surface area contributed by atoms with Gasteiger partial charge in [-0.3, -0.25) is 9.69 Å². The highest BCUT2D eigenvalue weighted by Crippen LogP contribution is 2.23. The van der Waals surface area contributed by atoms with Gasteiger partial charge in [0, 0.05) is 31.7 Å². The monoisotopic (exact) mass is 336 g/mol. The van der Waals surface area contributed by atoms with E-state index in [1.54, 1.807) is 0 Å². The van der Waals surface area contributed by atoms with Gasteiger partial charge in [-0.25, -0.2) is 0 Å². The summed E-state index contributed by atoms with van der Waals surface area (Å²) in [6.07, 6.45) is 1.61. The Labute approximate surface area is 151 Å². The third kappa shape index (κ3) is 4.70. The zero-order valence-electron chi connectivity index (χ0n) is 15.5. The molecule has 2 aromatic carbocycles. The van der Waals surface area contributed by atoms with Crippen molar-refractivity contribution in [1.29, 1.82) is 0 Å². The average molecular weight is 336 g/mol. The normalized spacial score (nSPS) is 14.8. The van der Waals surface area contributed by atoms with E-state index in [-0.39, 0.29) is 11.3 Å². The third-order valence-corrected chi connectivity index (χ3v) is 4.90. The van der Waals surface area contributed by atoms with Crippen LogP contribution in [0.2, 0.25) is 0 Å². The third-order valence-electron chi connectivity index (χ3n) is 4.90. The Morgan fingerprint density at radius 2 is 1.72 bits per heavy atom. The van der Waals surface area contributed by atoms with Crippen molar-refractivity contribution in [3.8, 4) is 0 Å². The summed E-state index contributed by atoms with van der Waals surface area (Å²) in [5, 5.41) is 3.01. The number of rotatable bonds is 4. The van der Waals surface area contributed by atoms with Gasteiger partial charge in [0.05, 0.1) is 0 Å². The molecule has 1 aliphatic heterocycles. The van der Waals surface area contributed by atoms with Gasteiger partial charge in [0.1, 0.15) is 0 Å². The van der Waals surface area contributed by atoms with Gasteiger partial charge < -0.3 is 5.32 Å². The van der Waals surface area contributed by atoms with Gasteiger partial charge in [-0.1, -0.05) is 57.2 Å². The molecule has 0 saturated heterocycles. The largest absolute Gasteiger partial charge is 0.326 e. The van der Waals surface area contributed by atoms with E-state index >= 15 is 0 Å². The second-order valence-electron chi connectivity index (χ2n) is 7.92. The van der Waals surface area contributed by atoms with Crippen LogP contribution in [0.5, 0.6) is 0 Å². The maximum Gasteiger partial charge on any atom is 0.225 e. The van der Waals surface area contributed by atoms with E-state index in [0.717, 1.165) is 31.7 Å². The number of benzene rings is 2. The number of nitrogens with one attached hydrogen (secondary N) is 1. The first-order valence-corrected chi connectivity index (χ1v) is 9.11. The van der Waals surface area contributed by atoms with E-state index in [1.165, 1.54) is 16.7 Å². The van der Waals surface area contributed by atoms with E-state index in [4.69, 9.17) is 0 Å². The first-order valence-electron chi connectivity index (χ1n) is 9.11. The molecular formula is C22H28N2O. The van der Waals surface area contributed by atoms with Crippen molar-refractivity contribution in [2.24, 2.45) is 0 Å². The lowest BCUT2D eigenvalue weighted by atomic mass is 9.87. The van der Waals surface area contributed by atoms with Crippen LogP contribution in [0.4, 0.5) is 5.69 Å². The number of hydrogen-bond acceptors (Lipinski definition) is 2. The maximum absolute atomic E-state index is 12.2. The first kappa shape index (κ1) is 17.7. The Hall–Kier alpha value is -2.13. The molecule has 0 aromatic heterocycles. The first-order chi connectivity index (χ1) is 11.9. The van der Waals surface area contributed by atoms with E-state index in [2.05, 4.69) is 67.4 Å². The standard InChI is InChI=1S/C22H28N2O/c1-22(2,3)19-8-10-20(11-9-19)23-21(25)13-15-24-14-12-17-6-4-5-7-18(17)16-24/h4-11H,12-16H2,1-3H3,(H,23,25). The molecule has 0 bridgehead atoms. The van der Waals surface area contributed by atoms with Crippen molar-refractivity contribution >= 4 is 11.6 Å². The SMILES string of the molecule is CC(C)(C)c1ccc(NC(=O)CCN2CCc3ccccc3C2)cc1. The molecule has 0 unspecified atom stereocenters.